The van der Waals surface area contributed by atoms with Crippen LogP contribution in [0.15, 0.2) is 42.5 Å². The SMILES string of the molecule is Cc1ccc(N(C)Cc2c(N)cccc2F)cc1. The fourth-order valence-corrected chi connectivity index (χ4v) is 1.87. The first-order valence-electron chi connectivity index (χ1n) is 5.88. The van der Waals surface area contributed by atoms with E-state index in [9.17, 15) is 4.39 Å². The third-order valence-electron chi connectivity index (χ3n) is 3.03. The molecular weight excluding hydrogens is 227 g/mol. The van der Waals surface area contributed by atoms with E-state index in [1.807, 2.05) is 43.1 Å². The predicted octanol–water partition coefficient (Wildman–Crippen LogP) is 3.35. The van der Waals surface area contributed by atoms with Crippen LogP contribution in [-0.4, -0.2) is 7.05 Å². The molecule has 0 atom stereocenters. The Kier molecular flexibility index (Phi) is 3.51. The van der Waals surface area contributed by atoms with Crippen molar-refractivity contribution in [2.24, 2.45) is 0 Å². The summed E-state index contributed by atoms with van der Waals surface area (Å²) in [6, 6.07) is 12.9. The number of hydrogen-bond acceptors (Lipinski definition) is 2. The van der Waals surface area contributed by atoms with E-state index in [4.69, 9.17) is 5.73 Å². The van der Waals surface area contributed by atoms with Crippen LogP contribution in [0.1, 0.15) is 11.1 Å². The van der Waals surface area contributed by atoms with Crippen LogP contribution in [0.25, 0.3) is 0 Å². The molecule has 0 unspecified atom stereocenters. The summed E-state index contributed by atoms with van der Waals surface area (Å²) < 4.78 is 13.7. The molecule has 0 fully saturated rings. The molecule has 18 heavy (non-hydrogen) atoms. The van der Waals surface area contributed by atoms with E-state index < -0.39 is 0 Å². The van der Waals surface area contributed by atoms with Crippen LogP contribution in [0.5, 0.6) is 0 Å². The predicted molar refractivity (Wildman–Crippen MR) is 74.1 cm³/mol. The zero-order chi connectivity index (χ0) is 13.1. The van der Waals surface area contributed by atoms with Crippen LogP contribution in [0, 0.1) is 12.7 Å². The highest BCUT2D eigenvalue weighted by Crippen LogP contribution is 2.21. The summed E-state index contributed by atoms with van der Waals surface area (Å²) in [4.78, 5) is 1.98. The standard InChI is InChI=1S/C15H17FN2/c1-11-6-8-12(9-7-11)18(2)10-13-14(16)4-3-5-15(13)17/h3-9H,10,17H2,1-2H3. The van der Waals surface area contributed by atoms with Crippen molar-refractivity contribution in [2.45, 2.75) is 13.5 Å². The fraction of sp³-hybridized carbons (Fsp3) is 0.200. The van der Waals surface area contributed by atoms with Crippen molar-refractivity contribution in [3.05, 3.63) is 59.4 Å². The molecule has 0 spiro atoms. The quantitative estimate of drug-likeness (QED) is 0.839. The number of nitrogen functional groups attached to an aromatic ring is 1. The van der Waals surface area contributed by atoms with Gasteiger partial charge < -0.3 is 10.6 Å². The zero-order valence-corrected chi connectivity index (χ0v) is 10.7. The molecular formula is C15H17FN2. The number of nitrogens with two attached hydrogens (primary N) is 1. The summed E-state index contributed by atoms with van der Waals surface area (Å²) in [5.74, 6) is -0.256. The Balaban J connectivity index is 2.21. The third-order valence-corrected chi connectivity index (χ3v) is 3.03. The van der Waals surface area contributed by atoms with E-state index in [2.05, 4.69) is 0 Å². The number of benzene rings is 2. The Labute approximate surface area is 107 Å². The smallest absolute Gasteiger partial charge is 0.130 e. The summed E-state index contributed by atoms with van der Waals surface area (Å²) in [7, 11) is 1.93. The van der Waals surface area contributed by atoms with Gasteiger partial charge in [0.15, 0.2) is 0 Å². The second-order valence-electron chi connectivity index (χ2n) is 4.50. The van der Waals surface area contributed by atoms with Crippen molar-refractivity contribution >= 4 is 11.4 Å². The lowest BCUT2D eigenvalue weighted by atomic mass is 10.1. The Morgan fingerprint density at radius 2 is 1.78 bits per heavy atom. The lowest BCUT2D eigenvalue weighted by Crippen LogP contribution is -2.18. The number of aryl methyl sites for hydroxylation is 1. The molecule has 0 aromatic heterocycles. The van der Waals surface area contributed by atoms with Gasteiger partial charge in [-0.2, -0.15) is 0 Å². The maximum absolute atomic E-state index is 13.7. The van der Waals surface area contributed by atoms with E-state index in [1.165, 1.54) is 11.6 Å². The Bertz CT molecular complexity index is 514. The van der Waals surface area contributed by atoms with Crippen LogP contribution in [-0.2, 0) is 6.54 Å². The van der Waals surface area contributed by atoms with E-state index >= 15 is 0 Å². The maximum atomic E-state index is 13.7. The van der Waals surface area contributed by atoms with Crippen LogP contribution in [0.2, 0.25) is 0 Å². The second-order valence-corrected chi connectivity index (χ2v) is 4.50. The molecule has 0 amide bonds. The average molecular weight is 244 g/mol. The normalized spacial score (nSPS) is 10.4. The van der Waals surface area contributed by atoms with Gasteiger partial charge >= 0.3 is 0 Å². The van der Waals surface area contributed by atoms with Crippen molar-refractivity contribution in [1.29, 1.82) is 0 Å². The lowest BCUT2D eigenvalue weighted by Gasteiger charge is -2.20. The Hall–Kier alpha value is -2.03. The molecule has 0 saturated heterocycles. The molecule has 3 heteroatoms. The minimum absolute atomic E-state index is 0.256. The molecule has 0 radical (unpaired) electrons. The average Bonchev–Trinajstić information content (AvgIpc) is 2.34. The van der Waals surface area contributed by atoms with Crippen LogP contribution in [0.4, 0.5) is 15.8 Å². The first-order valence-corrected chi connectivity index (χ1v) is 5.88. The third kappa shape index (κ3) is 2.62. The molecule has 2 aromatic carbocycles. The molecule has 2 N–H and O–H groups in total. The van der Waals surface area contributed by atoms with Gasteiger partial charge in [0, 0.05) is 30.5 Å². The molecule has 2 rings (SSSR count). The summed E-state index contributed by atoms with van der Waals surface area (Å²) in [6.45, 7) is 2.50. The maximum Gasteiger partial charge on any atom is 0.130 e. The van der Waals surface area contributed by atoms with Crippen molar-refractivity contribution in [3.63, 3.8) is 0 Å². The monoisotopic (exact) mass is 244 g/mol. The van der Waals surface area contributed by atoms with Crippen LogP contribution >= 0.6 is 0 Å². The van der Waals surface area contributed by atoms with Gasteiger partial charge in [-0.3, -0.25) is 0 Å². The first-order chi connectivity index (χ1) is 8.58. The van der Waals surface area contributed by atoms with Gasteiger partial charge in [-0.05, 0) is 31.2 Å². The topological polar surface area (TPSA) is 29.3 Å². The highest BCUT2D eigenvalue weighted by Gasteiger charge is 2.09. The van der Waals surface area contributed by atoms with E-state index in [1.54, 1.807) is 12.1 Å². The summed E-state index contributed by atoms with van der Waals surface area (Å²) >= 11 is 0. The number of hydrogen-bond donors (Lipinski definition) is 1. The van der Waals surface area contributed by atoms with E-state index in [0.717, 1.165) is 5.69 Å². The molecule has 0 heterocycles. The van der Waals surface area contributed by atoms with Crippen LogP contribution in [0.3, 0.4) is 0 Å². The highest BCUT2D eigenvalue weighted by atomic mass is 19.1. The molecule has 0 saturated carbocycles. The molecule has 2 nitrogen and oxygen atoms in total. The number of halogens is 1. The van der Waals surface area contributed by atoms with E-state index in [-0.39, 0.29) is 5.82 Å². The van der Waals surface area contributed by atoms with Gasteiger partial charge in [0.2, 0.25) is 0 Å². The minimum atomic E-state index is -0.256. The molecule has 94 valence electrons. The molecule has 0 aliphatic carbocycles. The van der Waals surface area contributed by atoms with Crippen molar-refractivity contribution < 1.29 is 4.39 Å². The first kappa shape index (κ1) is 12.4. The molecule has 0 aliphatic rings. The minimum Gasteiger partial charge on any atom is -0.398 e. The summed E-state index contributed by atoms with van der Waals surface area (Å²) in [5, 5.41) is 0. The number of rotatable bonds is 3. The van der Waals surface area contributed by atoms with Gasteiger partial charge in [-0.1, -0.05) is 23.8 Å². The van der Waals surface area contributed by atoms with Crippen molar-refractivity contribution in [1.82, 2.24) is 0 Å². The molecule has 0 aliphatic heterocycles. The van der Waals surface area contributed by atoms with Gasteiger partial charge in [0.1, 0.15) is 5.82 Å². The number of anilines is 2. The van der Waals surface area contributed by atoms with Gasteiger partial charge in [0.05, 0.1) is 0 Å². The Morgan fingerprint density at radius 3 is 2.39 bits per heavy atom. The molecule has 2 aromatic rings. The summed E-state index contributed by atoms with van der Waals surface area (Å²) in [6.07, 6.45) is 0. The van der Waals surface area contributed by atoms with Gasteiger partial charge in [-0.25, -0.2) is 4.39 Å². The van der Waals surface area contributed by atoms with Crippen molar-refractivity contribution in [2.75, 3.05) is 17.7 Å². The van der Waals surface area contributed by atoms with E-state index in [0.29, 0.717) is 17.8 Å². The van der Waals surface area contributed by atoms with Crippen molar-refractivity contribution in [3.8, 4) is 0 Å². The number of nitrogens with zero attached hydrogens (tertiary/aromatic N) is 1. The van der Waals surface area contributed by atoms with Crippen LogP contribution < -0.4 is 10.6 Å². The molecule has 0 bridgehead atoms. The van der Waals surface area contributed by atoms with Gasteiger partial charge in [-0.15, -0.1) is 0 Å². The largest absolute Gasteiger partial charge is 0.398 e. The van der Waals surface area contributed by atoms with Gasteiger partial charge in [0.25, 0.3) is 0 Å². The highest BCUT2D eigenvalue weighted by molar-refractivity contribution is 5.52. The lowest BCUT2D eigenvalue weighted by molar-refractivity contribution is 0.609. The Morgan fingerprint density at radius 1 is 1.11 bits per heavy atom. The fourth-order valence-electron chi connectivity index (χ4n) is 1.87. The second kappa shape index (κ2) is 5.08. The summed E-state index contributed by atoms with van der Waals surface area (Å²) in [5.41, 5.74) is 9.09. The zero-order valence-electron chi connectivity index (χ0n) is 10.7.